The van der Waals surface area contributed by atoms with Gasteiger partial charge in [0, 0.05) is 19.3 Å². The molecule has 1 N–H and O–H groups in total. The van der Waals surface area contributed by atoms with Crippen molar-refractivity contribution in [1.29, 1.82) is 0 Å². The van der Waals surface area contributed by atoms with Crippen molar-refractivity contribution in [1.82, 2.24) is 9.88 Å². The van der Waals surface area contributed by atoms with Crippen molar-refractivity contribution in [2.75, 3.05) is 38.7 Å². The predicted octanol–water partition coefficient (Wildman–Crippen LogP) is 4.56. The van der Waals surface area contributed by atoms with Crippen molar-refractivity contribution in [2.24, 2.45) is 0 Å². The zero-order valence-corrected chi connectivity index (χ0v) is 17.9. The summed E-state index contributed by atoms with van der Waals surface area (Å²) in [6.45, 7) is 7.37. The summed E-state index contributed by atoms with van der Waals surface area (Å²) in [7, 11) is 2.11. The average Bonchev–Trinajstić information content (AvgIpc) is 2.64. The van der Waals surface area contributed by atoms with Gasteiger partial charge in [0.05, 0.1) is 16.8 Å². The standard InChI is InChI=1S/C21H28BrN3O2/c1-4-5-16-6-7-20(27-14-17-13-25(3)8-9-26-17)19(11-16)24-21-18(22)10-15(2)12-23-21/h6-7,10-12,17H,4-5,8-9,13-14H2,1-3H3,(H,23,24). The van der Waals surface area contributed by atoms with Crippen LogP contribution in [0.15, 0.2) is 34.9 Å². The molecule has 1 aliphatic rings. The highest BCUT2D eigenvalue weighted by Crippen LogP contribution is 2.32. The number of nitrogens with zero attached hydrogens (tertiary/aromatic N) is 2. The topological polar surface area (TPSA) is 46.6 Å². The number of halogens is 1. The third-order valence-corrected chi connectivity index (χ3v) is 5.18. The van der Waals surface area contributed by atoms with Crippen LogP contribution in [-0.2, 0) is 11.2 Å². The highest BCUT2D eigenvalue weighted by molar-refractivity contribution is 9.10. The van der Waals surface area contributed by atoms with Crippen LogP contribution in [0, 0.1) is 6.92 Å². The van der Waals surface area contributed by atoms with Crippen LogP contribution in [0.25, 0.3) is 0 Å². The second kappa shape index (κ2) is 9.53. The highest BCUT2D eigenvalue weighted by atomic mass is 79.9. The van der Waals surface area contributed by atoms with E-state index in [1.165, 1.54) is 5.56 Å². The van der Waals surface area contributed by atoms with Gasteiger partial charge in [-0.15, -0.1) is 0 Å². The Morgan fingerprint density at radius 2 is 2.22 bits per heavy atom. The van der Waals surface area contributed by atoms with E-state index in [1.807, 2.05) is 19.2 Å². The molecule has 6 heteroatoms. The molecule has 0 saturated carbocycles. The molecule has 1 aromatic heterocycles. The molecule has 0 bridgehead atoms. The van der Waals surface area contributed by atoms with Gasteiger partial charge >= 0.3 is 0 Å². The van der Waals surface area contributed by atoms with Crippen LogP contribution in [0.4, 0.5) is 11.5 Å². The number of aromatic nitrogens is 1. The minimum absolute atomic E-state index is 0.0937. The van der Waals surface area contributed by atoms with Gasteiger partial charge in [-0.2, -0.15) is 0 Å². The molecule has 1 atom stereocenters. The number of hydrogen-bond donors (Lipinski definition) is 1. The fourth-order valence-corrected chi connectivity index (χ4v) is 3.71. The van der Waals surface area contributed by atoms with E-state index >= 15 is 0 Å². The molecule has 0 spiro atoms. The summed E-state index contributed by atoms with van der Waals surface area (Å²) in [4.78, 5) is 6.78. The third kappa shape index (κ3) is 5.67. The van der Waals surface area contributed by atoms with Crippen molar-refractivity contribution < 1.29 is 9.47 Å². The van der Waals surface area contributed by atoms with Gasteiger partial charge in [-0.05, 0) is 65.6 Å². The molecule has 1 fully saturated rings. The molecule has 1 aliphatic heterocycles. The first-order valence-corrected chi connectivity index (χ1v) is 10.3. The summed E-state index contributed by atoms with van der Waals surface area (Å²) in [6, 6.07) is 8.38. The highest BCUT2D eigenvalue weighted by Gasteiger charge is 2.19. The molecule has 1 saturated heterocycles. The van der Waals surface area contributed by atoms with E-state index in [0.29, 0.717) is 6.61 Å². The molecule has 0 amide bonds. The van der Waals surface area contributed by atoms with Gasteiger partial charge in [-0.25, -0.2) is 4.98 Å². The fraction of sp³-hybridized carbons (Fsp3) is 0.476. The Balaban J connectivity index is 1.77. The van der Waals surface area contributed by atoms with Crippen LogP contribution in [0.5, 0.6) is 5.75 Å². The lowest BCUT2D eigenvalue weighted by molar-refractivity contribution is -0.0402. The van der Waals surface area contributed by atoms with Crippen molar-refractivity contribution in [3.05, 3.63) is 46.1 Å². The first kappa shape index (κ1) is 20.1. The molecule has 2 aromatic rings. The summed E-state index contributed by atoms with van der Waals surface area (Å²) >= 11 is 3.60. The molecule has 27 heavy (non-hydrogen) atoms. The molecule has 5 nitrogen and oxygen atoms in total. The number of likely N-dealkylation sites (N-methyl/N-ethyl adjacent to an activating group) is 1. The van der Waals surface area contributed by atoms with Crippen molar-refractivity contribution >= 4 is 27.4 Å². The number of morpholine rings is 1. The summed E-state index contributed by atoms with van der Waals surface area (Å²) in [5, 5.41) is 3.43. The van der Waals surface area contributed by atoms with Gasteiger partial charge in [0.1, 0.15) is 24.3 Å². The van der Waals surface area contributed by atoms with Crippen LogP contribution >= 0.6 is 15.9 Å². The maximum absolute atomic E-state index is 6.14. The number of benzene rings is 1. The molecular formula is C21H28BrN3O2. The zero-order chi connectivity index (χ0) is 19.2. The lowest BCUT2D eigenvalue weighted by atomic mass is 10.1. The van der Waals surface area contributed by atoms with E-state index in [1.54, 1.807) is 0 Å². The Hall–Kier alpha value is -1.63. The molecule has 2 heterocycles. The third-order valence-electron chi connectivity index (χ3n) is 4.58. The quantitative estimate of drug-likeness (QED) is 0.693. The smallest absolute Gasteiger partial charge is 0.144 e. The monoisotopic (exact) mass is 433 g/mol. The van der Waals surface area contributed by atoms with Crippen molar-refractivity contribution in [2.45, 2.75) is 32.8 Å². The van der Waals surface area contributed by atoms with Crippen LogP contribution in [0.1, 0.15) is 24.5 Å². The molecular weight excluding hydrogens is 406 g/mol. The summed E-state index contributed by atoms with van der Waals surface area (Å²) in [6.07, 6.45) is 4.09. The maximum atomic E-state index is 6.14. The van der Waals surface area contributed by atoms with Crippen LogP contribution < -0.4 is 10.1 Å². The van der Waals surface area contributed by atoms with E-state index < -0.39 is 0 Å². The molecule has 0 aliphatic carbocycles. The van der Waals surface area contributed by atoms with Gasteiger partial charge in [-0.3, -0.25) is 0 Å². The number of anilines is 2. The first-order chi connectivity index (χ1) is 13.0. The number of aryl methyl sites for hydroxylation is 2. The minimum atomic E-state index is 0.0937. The Morgan fingerprint density at radius 3 is 2.96 bits per heavy atom. The van der Waals surface area contributed by atoms with Gasteiger partial charge in [0.25, 0.3) is 0 Å². The Morgan fingerprint density at radius 1 is 1.37 bits per heavy atom. The van der Waals surface area contributed by atoms with Gasteiger partial charge in [0.15, 0.2) is 0 Å². The summed E-state index contributed by atoms with van der Waals surface area (Å²) < 4.78 is 12.9. The van der Waals surface area contributed by atoms with Gasteiger partial charge < -0.3 is 19.7 Å². The number of hydrogen-bond acceptors (Lipinski definition) is 5. The second-order valence-electron chi connectivity index (χ2n) is 7.11. The Labute approximate surface area is 170 Å². The predicted molar refractivity (Wildman–Crippen MR) is 113 cm³/mol. The molecule has 1 unspecified atom stereocenters. The van der Waals surface area contributed by atoms with E-state index in [4.69, 9.17) is 9.47 Å². The molecule has 0 radical (unpaired) electrons. The lowest BCUT2D eigenvalue weighted by Crippen LogP contribution is -2.42. The molecule has 1 aromatic carbocycles. The number of ether oxygens (including phenoxy) is 2. The lowest BCUT2D eigenvalue weighted by Gasteiger charge is -2.30. The number of nitrogens with one attached hydrogen (secondary N) is 1. The molecule has 146 valence electrons. The Kier molecular flexibility index (Phi) is 7.10. The van der Waals surface area contributed by atoms with E-state index in [-0.39, 0.29) is 6.10 Å². The Bertz CT molecular complexity index is 769. The maximum Gasteiger partial charge on any atom is 0.144 e. The van der Waals surface area contributed by atoms with E-state index in [2.05, 4.69) is 63.3 Å². The van der Waals surface area contributed by atoms with Crippen molar-refractivity contribution in [3.63, 3.8) is 0 Å². The minimum Gasteiger partial charge on any atom is -0.489 e. The number of pyridine rings is 1. The van der Waals surface area contributed by atoms with Gasteiger partial charge in [0.2, 0.25) is 0 Å². The summed E-state index contributed by atoms with van der Waals surface area (Å²) in [5.74, 6) is 1.61. The second-order valence-corrected chi connectivity index (χ2v) is 7.97. The van der Waals surface area contributed by atoms with Crippen LogP contribution in [-0.4, -0.2) is 49.3 Å². The fourth-order valence-electron chi connectivity index (χ4n) is 3.15. The van der Waals surface area contributed by atoms with Crippen molar-refractivity contribution in [3.8, 4) is 5.75 Å². The average molecular weight is 434 g/mol. The first-order valence-electron chi connectivity index (χ1n) is 9.50. The number of rotatable bonds is 7. The normalized spacial score (nSPS) is 17.7. The zero-order valence-electron chi connectivity index (χ0n) is 16.3. The van der Waals surface area contributed by atoms with Crippen LogP contribution in [0.3, 0.4) is 0 Å². The van der Waals surface area contributed by atoms with E-state index in [9.17, 15) is 0 Å². The largest absolute Gasteiger partial charge is 0.489 e. The molecule has 3 rings (SSSR count). The van der Waals surface area contributed by atoms with E-state index in [0.717, 1.165) is 59.8 Å². The summed E-state index contributed by atoms with van der Waals surface area (Å²) in [5.41, 5.74) is 3.33. The van der Waals surface area contributed by atoms with Gasteiger partial charge in [-0.1, -0.05) is 19.4 Å². The van der Waals surface area contributed by atoms with Crippen LogP contribution in [0.2, 0.25) is 0 Å². The SMILES string of the molecule is CCCc1ccc(OCC2CN(C)CCO2)c(Nc2ncc(C)cc2Br)c1.